The van der Waals surface area contributed by atoms with Gasteiger partial charge in [-0.1, -0.05) is 20.3 Å². The van der Waals surface area contributed by atoms with E-state index < -0.39 is 0 Å². The average Bonchev–Trinajstić information content (AvgIpc) is 2.57. The summed E-state index contributed by atoms with van der Waals surface area (Å²) in [7, 11) is 0. The molecule has 2 heteroatoms. The van der Waals surface area contributed by atoms with Crippen molar-refractivity contribution in [2.45, 2.75) is 58.5 Å². The summed E-state index contributed by atoms with van der Waals surface area (Å²) in [6.45, 7) is 4.96. The van der Waals surface area contributed by atoms with Gasteiger partial charge in [0.25, 0.3) is 0 Å². The monoisotopic (exact) mass is 226 g/mol. The van der Waals surface area contributed by atoms with Gasteiger partial charge in [0.2, 0.25) is 0 Å². The van der Waals surface area contributed by atoms with Crippen LogP contribution < -0.4 is 0 Å². The van der Waals surface area contributed by atoms with Crippen LogP contribution in [0.25, 0.3) is 0 Å². The Morgan fingerprint density at radius 3 is 2.75 bits per heavy atom. The molecular weight excluding hydrogens is 200 g/mol. The molecule has 0 bridgehead atoms. The Morgan fingerprint density at radius 1 is 1.31 bits per heavy atom. The molecule has 0 saturated heterocycles. The standard InChI is InChI=1S/C14H26O2/c1-10(7-9-15)11-5-6-12-13(16)4-3-8-14(11,12)2/h10-13,15-16H,3-9H2,1-2H3/t10-,11-,12+,13-,14-/m1/s1. The zero-order valence-corrected chi connectivity index (χ0v) is 10.7. The molecular formula is C14H26O2. The molecule has 0 unspecified atom stereocenters. The highest BCUT2D eigenvalue weighted by Gasteiger charge is 2.51. The van der Waals surface area contributed by atoms with Crippen LogP contribution in [0.4, 0.5) is 0 Å². The van der Waals surface area contributed by atoms with Crippen LogP contribution in [0.15, 0.2) is 0 Å². The summed E-state index contributed by atoms with van der Waals surface area (Å²) < 4.78 is 0. The molecule has 0 aliphatic heterocycles. The SMILES string of the molecule is C[C@H](CCO)[C@H]1CC[C@H]2[C@H](O)CCC[C@]12C. The van der Waals surface area contributed by atoms with Gasteiger partial charge in [0.1, 0.15) is 0 Å². The van der Waals surface area contributed by atoms with Crippen molar-refractivity contribution in [3.8, 4) is 0 Å². The average molecular weight is 226 g/mol. The molecule has 2 saturated carbocycles. The third-order valence-corrected chi connectivity index (χ3v) is 5.43. The summed E-state index contributed by atoms with van der Waals surface area (Å²) in [6, 6.07) is 0. The van der Waals surface area contributed by atoms with Gasteiger partial charge in [-0.15, -0.1) is 0 Å². The zero-order chi connectivity index (χ0) is 11.8. The van der Waals surface area contributed by atoms with E-state index in [0.29, 0.717) is 29.8 Å². The van der Waals surface area contributed by atoms with Crippen molar-refractivity contribution in [3.05, 3.63) is 0 Å². The molecule has 0 amide bonds. The third-order valence-electron chi connectivity index (χ3n) is 5.43. The predicted octanol–water partition coefficient (Wildman–Crippen LogP) is 2.58. The summed E-state index contributed by atoms with van der Waals surface area (Å²) in [4.78, 5) is 0. The smallest absolute Gasteiger partial charge is 0.0573 e. The Kier molecular flexibility index (Phi) is 3.60. The number of aliphatic hydroxyl groups is 2. The summed E-state index contributed by atoms with van der Waals surface area (Å²) in [5.74, 6) is 1.83. The van der Waals surface area contributed by atoms with Gasteiger partial charge in [0.15, 0.2) is 0 Å². The molecule has 0 aromatic heterocycles. The summed E-state index contributed by atoms with van der Waals surface area (Å²) in [6.07, 6.45) is 6.75. The Bertz CT molecular complexity index is 241. The van der Waals surface area contributed by atoms with Crippen LogP contribution in [0.2, 0.25) is 0 Å². The second-order valence-corrected chi connectivity index (χ2v) is 6.25. The van der Waals surface area contributed by atoms with Crippen molar-refractivity contribution in [3.63, 3.8) is 0 Å². The van der Waals surface area contributed by atoms with E-state index in [4.69, 9.17) is 5.11 Å². The quantitative estimate of drug-likeness (QED) is 0.776. The minimum absolute atomic E-state index is 0.0647. The fraction of sp³-hybridized carbons (Fsp3) is 1.00. The van der Waals surface area contributed by atoms with Crippen LogP contribution in [-0.2, 0) is 0 Å². The highest BCUT2D eigenvalue weighted by Crippen LogP contribution is 2.57. The van der Waals surface area contributed by atoms with Gasteiger partial charge < -0.3 is 10.2 Å². The molecule has 0 heterocycles. The van der Waals surface area contributed by atoms with E-state index in [-0.39, 0.29) is 6.10 Å². The lowest BCUT2D eigenvalue weighted by atomic mass is 9.61. The highest BCUT2D eigenvalue weighted by molar-refractivity contribution is 5.01. The zero-order valence-electron chi connectivity index (χ0n) is 10.7. The van der Waals surface area contributed by atoms with Crippen LogP contribution in [-0.4, -0.2) is 22.9 Å². The van der Waals surface area contributed by atoms with E-state index in [9.17, 15) is 5.11 Å². The van der Waals surface area contributed by atoms with E-state index in [1.54, 1.807) is 0 Å². The number of rotatable bonds is 3. The van der Waals surface area contributed by atoms with Crippen molar-refractivity contribution in [1.82, 2.24) is 0 Å². The van der Waals surface area contributed by atoms with Crippen LogP contribution in [0, 0.1) is 23.2 Å². The van der Waals surface area contributed by atoms with E-state index in [2.05, 4.69) is 13.8 Å². The second kappa shape index (κ2) is 4.66. The van der Waals surface area contributed by atoms with Gasteiger partial charge in [0, 0.05) is 6.61 Å². The van der Waals surface area contributed by atoms with Crippen LogP contribution in [0.1, 0.15) is 52.4 Å². The first-order chi connectivity index (χ1) is 7.59. The van der Waals surface area contributed by atoms with Gasteiger partial charge >= 0.3 is 0 Å². The van der Waals surface area contributed by atoms with Gasteiger partial charge in [0.05, 0.1) is 6.10 Å². The predicted molar refractivity (Wildman–Crippen MR) is 65.0 cm³/mol. The normalized spacial score (nSPS) is 45.4. The largest absolute Gasteiger partial charge is 0.396 e. The molecule has 0 aromatic rings. The third kappa shape index (κ3) is 1.91. The number of fused-ring (bicyclic) bond motifs is 1. The fourth-order valence-corrected chi connectivity index (χ4v) is 4.53. The molecule has 2 N–H and O–H groups in total. The Labute approximate surface area is 99.1 Å². The van der Waals surface area contributed by atoms with Crippen molar-refractivity contribution in [2.75, 3.05) is 6.61 Å². The first-order valence-electron chi connectivity index (χ1n) is 6.88. The number of hydrogen-bond donors (Lipinski definition) is 2. The number of aliphatic hydroxyl groups excluding tert-OH is 2. The van der Waals surface area contributed by atoms with Gasteiger partial charge in [-0.3, -0.25) is 0 Å². The summed E-state index contributed by atoms with van der Waals surface area (Å²) >= 11 is 0. The fourth-order valence-electron chi connectivity index (χ4n) is 4.53. The van der Waals surface area contributed by atoms with Gasteiger partial charge in [-0.05, 0) is 55.3 Å². The van der Waals surface area contributed by atoms with Crippen molar-refractivity contribution in [1.29, 1.82) is 0 Å². The van der Waals surface area contributed by atoms with Crippen LogP contribution in [0.3, 0.4) is 0 Å². The molecule has 2 aliphatic rings. The molecule has 0 radical (unpaired) electrons. The lowest BCUT2D eigenvalue weighted by Crippen LogP contribution is -2.41. The molecule has 0 spiro atoms. The lowest BCUT2D eigenvalue weighted by molar-refractivity contribution is -0.0287. The van der Waals surface area contributed by atoms with E-state index >= 15 is 0 Å². The first-order valence-corrected chi connectivity index (χ1v) is 6.88. The van der Waals surface area contributed by atoms with E-state index in [1.165, 1.54) is 25.7 Å². The van der Waals surface area contributed by atoms with Gasteiger partial charge in [-0.2, -0.15) is 0 Å². The maximum Gasteiger partial charge on any atom is 0.0573 e. The summed E-state index contributed by atoms with van der Waals surface area (Å²) in [5, 5.41) is 19.2. The minimum Gasteiger partial charge on any atom is -0.396 e. The molecule has 5 atom stereocenters. The molecule has 2 aliphatic carbocycles. The summed E-state index contributed by atoms with van der Waals surface area (Å²) in [5.41, 5.74) is 0.340. The van der Waals surface area contributed by atoms with E-state index in [1.807, 2.05) is 0 Å². The van der Waals surface area contributed by atoms with Gasteiger partial charge in [-0.25, -0.2) is 0 Å². The van der Waals surface area contributed by atoms with Crippen molar-refractivity contribution >= 4 is 0 Å². The molecule has 0 aromatic carbocycles. The highest BCUT2D eigenvalue weighted by atomic mass is 16.3. The maximum absolute atomic E-state index is 10.1. The minimum atomic E-state index is -0.0647. The topological polar surface area (TPSA) is 40.5 Å². The Morgan fingerprint density at radius 2 is 2.06 bits per heavy atom. The molecule has 94 valence electrons. The molecule has 2 fully saturated rings. The Balaban J connectivity index is 2.11. The molecule has 2 rings (SSSR count). The maximum atomic E-state index is 10.1. The molecule has 16 heavy (non-hydrogen) atoms. The Hall–Kier alpha value is -0.0800. The van der Waals surface area contributed by atoms with Crippen LogP contribution in [0.5, 0.6) is 0 Å². The lowest BCUT2D eigenvalue weighted by Gasteiger charge is -2.45. The first kappa shape index (κ1) is 12.4. The van der Waals surface area contributed by atoms with Crippen LogP contribution >= 0.6 is 0 Å². The number of hydrogen-bond acceptors (Lipinski definition) is 2. The second-order valence-electron chi connectivity index (χ2n) is 6.25. The molecule has 2 nitrogen and oxygen atoms in total. The van der Waals surface area contributed by atoms with E-state index in [0.717, 1.165) is 12.8 Å². The van der Waals surface area contributed by atoms with Crippen molar-refractivity contribution in [2.24, 2.45) is 23.2 Å². The van der Waals surface area contributed by atoms with Crippen molar-refractivity contribution < 1.29 is 10.2 Å².